The average Bonchev–Trinajstić information content (AvgIpc) is 3.63. The molecule has 0 radical (unpaired) electrons. The van der Waals surface area contributed by atoms with Gasteiger partial charge in [-0.15, -0.1) is 0 Å². The first-order chi connectivity index (χ1) is 30.3. The van der Waals surface area contributed by atoms with E-state index in [-0.39, 0.29) is 24.1 Å². The molecule has 1 saturated heterocycles. The van der Waals surface area contributed by atoms with E-state index in [0.717, 1.165) is 101 Å². The van der Waals surface area contributed by atoms with Gasteiger partial charge in [-0.25, -0.2) is 0 Å². The van der Waals surface area contributed by atoms with Gasteiger partial charge in [0.15, 0.2) is 6.29 Å². The van der Waals surface area contributed by atoms with E-state index in [1.54, 1.807) is 0 Å². The Morgan fingerprint density at radius 3 is 2.14 bits per heavy atom. The minimum atomic E-state index is -1.46. The van der Waals surface area contributed by atoms with E-state index in [9.17, 15) is 20.1 Å². The Bertz CT molecular complexity index is 1560. The van der Waals surface area contributed by atoms with E-state index in [1.807, 2.05) is 0 Å². The van der Waals surface area contributed by atoms with E-state index < -0.39 is 30.7 Å². The number of unbranched alkanes of at least 4 members (excludes halogenated alkanes) is 6. The SMILES string of the molecule is CC/C=C\C/C=C\C/C=C\C/C=C\CCCCCCCCC(=O)OCC1OC(OC2CCC3(C)C(=CCC4C3CCC3(C)C(C(C)/C=C/C(C)C(C)C)CCC43)C2)C(O)C(O)C1O. The number of rotatable bonds is 24. The van der Waals surface area contributed by atoms with E-state index in [2.05, 4.69) is 115 Å². The standard InChI is InChI=1S/C56H90O7/c1-8-9-10-11-12-13-14-15-16-17-18-19-20-21-22-23-24-25-26-27-50(57)61-39-49-51(58)52(59)53(60)54(63-49)62-44-34-36-55(6)43(38-44)30-31-45-47-33-32-46(56(47,7)37-35-48(45)55)42(5)29-28-41(4)40(2)3/h9-10,12-13,15-16,18-19,28-30,40-42,44-49,51-54,58-60H,8,11,14,17,20-27,31-39H2,1-7H3/b10-9-,13-12-,16-15-,19-18-,29-28+. The zero-order valence-electron chi connectivity index (χ0n) is 40.7. The normalized spacial score (nSPS) is 35.8. The number of aliphatic hydroxyl groups is 3. The van der Waals surface area contributed by atoms with Crippen molar-refractivity contribution >= 4 is 5.97 Å². The maximum Gasteiger partial charge on any atom is 0.305 e. The van der Waals surface area contributed by atoms with Gasteiger partial charge in [0, 0.05) is 6.42 Å². The summed E-state index contributed by atoms with van der Waals surface area (Å²) in [6.07, 6.45) is 39.8. The summed E-state index contributed by atoms with van der Waals surface area (Å²) in [5.74, 6) is 4.50. The number of hydrogen-bond acceptors (Lipinski definition) is 7. The van der Waals surface area contributed by atoms with Gasteiger partial charge in [0.2, 0.25) is 0 Å². The molecule has 14 atom stereocenters. The highest BCUT2D eigenvalue weighted by molar-refractivity contribution is 5.69. The lowest BCUT2D eigenvalue weighted by atomic mass is 9.47. The average molecular weight is 875 g/mol. The summed E-state index contributed by atoms with van der Waals surface area (Å²) in [5.41, 5.74) is 2.03. The van der Waals surface area contributed by atoms with Gasteiger partial charge < -0.3 is 29.5 Å². The Labute approximate surface area is 384 Å². The summed E-state index contributed by atoms with van der Waals surface area (Å²) in [7, 11) is 0. The van der Waals surface area contributed by atoms with E-state index in [0.29, 0.717) is 35.5 Å². The summed E-state index contributed by atoms with van der Waals surface area (Å²) in [6.45, 7) is 16.5. The largest absolute Gasteiger partial charge is 0.463 e. The first-order valence-corrected chi connectivity index (χ1v) is 25.8. The molecule has 5 aliphatic rings. The van der Waals surface area contributed by atoms with Crippen LogP contribution in [0.4, 0.5) is 0 Å². The van der Waals surface area contributed by atoms with Crippen LogP contribution in [0, 0.1) is 52.3 Å². The molecule has 356 valence electrons. The van der Waals surface area contributed by atoms with E-state index in [1.165, 1.54) is 44.1 Å². The number of hydrogen-bond donors (Lipinski definition) is 3. The third-order valence-corrected chi connectivity index (χ3v) is 16.7. The number of esters is 1. The molecule has 14 unspecified atom stereocenters. The number of carbonyl (C=O) groups is 1. The molecule has 3 N–H and O–H groups in total. The molecule has 0 amide bonds. The maximum absolute atomic E-state index is 12.6. The molecule has 0 aromatic carbocycles. The third kappa shape index (κ3) is 14.1. The van der Waals surface area contributed by atoms with Crippen LogP contribution in [0.3, 0.4) is 0 Å². The molecule has 5 rings (SSSR count). The van der Waals surface area contributed by atoms with Crippen molar-refractivity contribution in [2.45, 2.75) is 214 Å². The summed E-state index contributed by atoms with van der Waals surface area (Å²) in [4.78, 5) is 12.6. The predicted molar refractivity (Wildman–Crippen MR) is 258 cm³/mol. The number of carbonyl (C=O) groups excluding carboxylic acids is 1. The lowest BCUT2D eigenvalue weighted by Gasteiger charge is -2.58. The molecule has 0 bridgehead atoms. The van der Waals surface area contributed by atoms with Crippen molar-refractivity contribution in [2.75, 3.05) is 6.61 Å². The van der Waals surface area contributed by atoms with Gasteiger partial charge in [-0.1, -0.05) is 147 Å². The fraction of sp³-hybridized carbons (Fsp3) is 0.768. The molecular formula is C56H90O7. The van der Waals surface area contributed by atoms with Crippen LogP contribution in [0.2, 0.25) is 0 Å². The zero-order chi connectivity index (χ0) is 45.4. The highest BCUT2D eigenvalue weighted by atomic mass is 16.7. The minimum absolute atomic E-state index is 0.151. The Kier molecular flexibility index (Phi) is 21.0. The monoisotopic (exact) mass is 875 g/mol. The van der Waals surface area contributed by atoms with Crippen molar-refractivity contribution in [1.29, 1.82) is 0 Å². The van der Waals surface area contributed by atoms with Crippen LogP contribution in [0.15, 0.2) is 72.4 Å². The van der Waals surface area contributed by atoms with E-state index >= 15 is 0 Å². The molecule has 1 heterocycles. The predicted octanol–water partition coefficient (Wildman–Crippen LogP) is 12.7. The second kappa shape index (κ2) is 25.6. The summed E-state index contributed by atoms with van der Waals surface area (Å²) < 4.78 is 18.0. The number of fused-ring (bicyclic) bond motifs is 5. The Morgan fingerprint density at radius 1 is 0.778 bits per heavy atom. The molecule has 7 heteroatoms. The minimum Gasteiger partial charge on any atom is -0.463 e. The molecule has 0 aromatic rings. The van der Waals surface area contributed by atoms with Crippen LogP contribution in [-0.4, -0.2) is 64.7 Å². The second-order valence-corrected chi connectivity index (χ2v) is 21.2. The fourth-order valence-corrected chi connectivity index (χ4v) is 12.3. The number of allylic oxidation sites excluding steroid dienone is 11. The molecule has 4 fully saturated rings. The lowest BCUT2D eigenvalue weighted by Crippen LogP contribution is -2.60. The van der Waals surface area contributed by atoms with Gasteiger partial charge in [-0.05, 0) is 149 Å². The topological polar surface area (TPSA) is 105 Å². The van der Waals surface area contributed by atoms with Gasteiger partial charge in [0.05, 0.1) is 6.10 Å². The van der Waals surface area contributed by atoms with Crippen molar-refractivity contribution < 1.29 is 34.3 Å². The van der Waals surface area contributed by atoms with E-state index in [4.69, 9.17) is 14.2 Å². The molecule has 7 nitrogen and oxygen atoms in total. The van der Waals surface area contributed by atoms with Crippen molar-refractivity contribution in [3.8, 4) is 0 Å². The molecule has 0 aromatic heterocycles. The second-order valence-electron chi connectivity index (χ2n) is 21.2. The Balaban J connectivity index is 0.984. The summed E-state index contributed by atoms with van der Waals surface area (Å²) in [5, 5.41) is 32.6. The highest BCUT2D eigenvalue weighted by Crippen LogP contribution is 2.67. The number of ether oxygens (including phenoxy) is 3. The molecule has 1 aliphatic heterocycles. The Hall–Kier alpha value is -2.29. The van der Waals surface area contributed by atoms with Crippen molar-refractivity contribution in [2.24, 2.45) is 52.3 Å². The highest BCUT2D eigenvalue weighted by Gasteiger charge is 2.59. The van der Waals surface area contributed by atoms with Crippen LogP contribution < -0.4 is 0 Å². The molecule has 3 saturated carbocycles. The van der Waals surface area contributed by atoms with Crippen LogP contribution in [0.25, 0.3) is 0 Å². The van der Waals surface area contributed by atoms with Crippen molar-refractivity contribution in [1.82, 2.24) is 0 Å². The van der Waals surface area contributed by atoms with Gasteiger partial charge >= 0.3 is 5.97 Å². The Morgan fingerprint density at radius 2 is 1.44 bits per heavy atom. The van der Waals surface area contributed by atoms with Crippen molar-refractivity contribution in [3.63, 3.8) is 0 Å². The van der Waals surface area contributed by atoms with Crippen LogP contribution in [0.1, 0.15) is 177 Å². The van der Waals surface area contributed by atoms with Gasteiger partial charge in [0.25, 0.3) is 0 Å². The molecule has 4 aliphatic carbocycles. The van der Waals surface area contributed by atoms with Gasteiger partial charge in [0.1, 0.15) is 31.0 Å². The van der Waals surface area contributed by atoms with Crippen LogP contribution in [0.5, 0.6) is 0 Å². The van der Waals surface area contributed by atoms with Crippen LogP contribution in [-0.2, 0) is 19.0 Å². The fourth-order valence-electron chi connectivity index (χ4n) is 12.3. The van der Waals surface area contributed by atoms with Crippen molar-refractivity contribution in [3.05, 3.63) is 72.4 Å². The maximum atomic E-state index is 12.6. The summed E-state index contributed by atoms with van der Waals surface area (Å²) >= 11 is 0. The van der Waals surface area contributed by atoms with Gasteiger partial charge in [-0.2, -0.15) is 0 Å². The number of aliphatic hydroxyl groups excluding tert-OH is 3. The summed E-state index contributed by atoms with van der Waals surface area (Å²) in [6, 6.07) is 0. The van der Waals surface area contributed by atoms with Crippen LogP contribution >= 0.6 is 0 Å². The molecule has 63 heavy (non-hydrogen) atoms. The lowest BCUT2D eigenvalue weighted by molar-refractivity contribution is -0.313. The first-order valence-electron chi connectivity index (χ1n) is 25.8. The third-order valence-electron chi connectivity index (χ3n) is 16.7. The quantitative estimate of drug-likeness (QED) is 0.0504. The molecule has 0 spiro atoms. The smallest absolute Gasteiger partial charge is 0.305 e. The van der Waals surface area contributed by atoms with Gasteiger partial charge in [-0.3, -0.25) is 4.79 Å². The zero-order valence-corrected chi connectivity index (χ0v) is 40.7. The first kappa shape index (κ1) is 51.7. The molecular weight excluding hydrogens is 785 g/mol.